The number of carbonyl (C=O) groups is 7. The molecular formula is C63H90N8O11. The maximum absolute atomic E-state index is 13.9. The minimum Gasteiger partial charge on any atom is -0.496 e. The second-order valence-electron chi connectivity index (χ2n) is 25.5. The fourth-order valence-electron chi connectivity index (χ4n) is 11.8. The predicted molar refractivity (Wildman–Crippen MR) is 318 cm³/mol. The van der Waals surface area contributed by atoms with Gasteiger partial charge in [0.2, 0.25) is 23.6 Å². The molecule has 8 rings (SSSR count). The maximum atomic E-state index is 13.9. The molecule has 0 aromatic heterocycles. The van der Waals surface area contributed by atoms with E-state index in [1.807, 2.05) is 112 Å². The van der Waals surface area contributed by atoms with Gasteiger partial charge in [-0.3, -0.25) is 28.9 Å². The average Bonchev–Trinajstić information content (AvgIpc) is 4.42. The number of carboxylic acids is 1. The topological polar surface area (TPSA) is 251 Å². The number of hydrogen-bond donors (Lipinski definition) is 6. The lowest BCUT2D eigenvalue weighted by molar-refractivity contribution is -0.141. The molecule has 4 fully saturated rings. The molecule has 0 bridgehead atoms. The normalized spacial score (nSPS) is 21.7. The van der Waals surface area contributed by atoms with Crippen molar-refractivity contribution < 1.29 is 52.9 Å². The van der Waals surface area contributed by atoms with Crippen LogP contribution in [-0.2, 0) is 23.9 Å². The van der Waals surface area contributed by atoms with Gasteiger partial charge in [-0.2, -0.15) is 0 Å². The largest absolute Gasteiger partial charge is 0.496 e. The summed E-state index contributed by atoms with van der Waals surface area (Å²) in [6.07, 6.45) is 5.04. The molecular weight excluding hydrogens is 1040 g/mol. The number of carbonyl (C=O) groups excluding carboxylic acids is 6. The number of carboxylic acid groups (broad SMARTS) is 1. The van der Waals surface area contributed by atoms with E-state index in [1.165, 1.54) is 19.1 Å². The van der Waals surface area contributed by atoms with E-state index in [0.717, 1.165) is 54.7 Å². The quantitative estimate of drug-likeness (QED) is 0.0750. The van der Waals surface area contributed by atoms with Crippen LogP contribution in [0, 0.1) is 22.7 Å². The second kappa shape index (κ2) is 26.5. The van der Waals surface area contributed by atoms with Gasteiger partial charge in [0.1, 0.15) is 40.8 Å². The van der Waals surface area contributed by atoms with Gasteiger partial charge in [0.15, 0.2) is 0 Å². The predicted octanol–water partition coefficient (Wildman–Crippen LogP) is 7.75. The van der Waals surface area contributed by atoms with Crippen LogP contribution in [0.4, 0.5) is 4.79 Å². The van der Waals surface area contributed by atoms with E-state index in [-0.39, 0.29) is 59.3 Å². The lowest BCUT2D eigenvalue weighted by Gasteiger charge is -2.38. The van der Waals surface area contributed by atoms with Crippen molar-refractivity contribution in [2.75, 3.05) is 41.4 Å². The lowest BCUT2D eigenvalue weighted by Crippen LogP contribution is -2.60. The highest BCUT2D eigenvalue weighted by molar-refractivity contribution is 6.10. The van der Waals surface area contributed by atoms with Gasteiger partial charge in [-0.05, 0) is 137 Å². The number of nitrogens with two attached hydrogens (primary N) is 1. The molecule has 82 heavy (non-hydrogen) atoms. The zero-order valence-electron chi connectivity index (χ0n) is 50.8. The Morgan fingerprint density at radius 1 is 0.634 bits per heavy atom. The molecule has 2 saturated carbocycles. The number of likely N-dealkylation sites (tertiary alicyclic amines) is 2. The molecule has 2 saturated heterocycles. The zero-order chi connectivity index (χ0) is 60.8. The number of nitrogens with zero attached hydrogens (tertiary/aromatic N) is 3. The molecule has 2 heterocycles. The molecule has 448 valence electrons. The highest BCUT2D eigenvalue weighted by atomic mass is 16.6. The summed E-state index contributed by atoms with van der Waals surface area (Å²) in [6.45, 7) is 21.7. The SMILES string of the molecule is CN[C@@H](C)C(=O)N[C@H](C(=O)N1CCC2CCC(NC(=O)c3c(OC)ccc4ccccc34)C21)C(C)(C)C.COc1ccc2ccccc2c1C(=O)O.C[C@@H](C(=O)N[C@H](C(=O)N1CCC2CCC(N)C21)C(C)(C)C)N(C)C(=O)OC(C)(C)C. The smallest absolute Gasteiger partial charge is 0.410 e. The Labute approximate surface area is 484 Å². The van der Waals surface area contributed by atoms with E-state index in [9.17, 15) is 33.6 Å². The van der Waals surface area contributed by atoms with Gasteiger partial charge < -0.3 is 56.1 Å². The summed E-state index contributed by atoms with van der Waals surface area (Å²) in [7, 11) is 6.28. The van der Waals surface area contributed by atoms with E-state index in [4.69, 9.17) is 25.1 Å². The third-order valence-electron chi connectivity index (χ3n) is 16.5. The third kappa shape index (κ3) is 14.8. The molecule has 2 aliphatic heterocycles. The van der Waals surface area contributed by atoms with Crippen LogP contribution in [0.25, 0.3) is 21.5 Å². The first kappa shape index (κ1) is 64.2. The molecule has 19 nitrogen and oxygen atoms in total. The Bertz CT molecular complexity index is 2960. The standard InChI is InChI=1S/C29H40N4O4.C22H40N4O4.C12H10O3/c1-17(30-5)26(34)32-25(29(2,3)4)28(36)33-16-15-19-11-13-21(24(19)33)31-27(35)23-20-10-8-7-9-18(20)12-14-22(23)37-6;1-13(25(8)20(29)30-22(5,6)7)18(27)24-17(21(2,3)4)19(28)26-12-11-14-9-10-15(23)16(14)26;1-15-10-7-6-8-4-2-3-5-9(8)11(10)12(13)14/h7-10,12,14,17,19,21,24-25,30H,11,13,15-16H2,1-6H3,(H,31,35)(H,32,34);13-17H,9-12,23H2,1-8H3,(H,24,27);2-7H,1H3,(H,13,14)/t17-,19?,21?,24?,25+;13-,14?,15?,16?,17+;/m00./s1. The number of fused-ring (bicyclic) bond motifs is 4. The summed E-state index contributed by atoms with van der Waals surface area (Å²) >= 11 is 0. The lowest BCUT2D eigenvalue weighted by atomic mass is 9.85. The minimum atomic E-state index is -0.969. The van der Waals surface area contributed by atoms with Crippen molar-refractivity contribution >= 4 is 63.1 Å². The first-order valence-electron chi connectivity index (χ1n) is 28.7. The molecule has 6 amide bonds. The van der Waals surface area contributed by atoms with Crippen molar-refractivity contribution in [3.8, 4) is 11.5 Å². The van der Waals surface area contributed by atoms with Crippen molar-refractivity contribution in [2.45, 2.75) is 169 Å². The van der Waals surface area contributed by atoms with Gasteiger partial charge in [-0.15, -0.1) is 0 Å². The van der Waals surface area contributed by atoms with Gasteiger partial charge in [0.05, 0.1) is 31.9 Å². The van der Waals surface area contributed by atoms with Crippen molar-refractivity contribution in [2.24, 2.45) is 28.4 Å². The summed E-state index contributed by atoms with van der Waals surface area (Å²) in [4.78, 5) is 95.2. The fourth-order valence-corrected chi connectivity index (χ4v) is 11.8. The molecule has 4 aromatic carbocycles. The Morgan fingerprint density at radius 3 is 1.59 bits per heavy atom. The van der Waals surface area contributed by atoms with E-state index >= 15 is 0 Å². The van der Waals surface area contributed by atoms with Gasteiger partial charge in [0, 0.05) is 38.3 Å². The second-order valence-corrected chi connectivity index (χ2v) is 25.5. The highest BCUT2D eigenvalue weighted by Crippen LogP contribution is 2.41. The van der Waals surface area contributed by atoms with Crippen LogP contribution in [-0.4, -0.2) is 157 Å². The zero-order valence-corrected chi connectivity index (χ0v) is 50.8. The Kier molecular flexibility index (Phi) is 20.7. The highest BCUT2D eigenvalue weighted by Gasteiger charge is 2.51. The molecule has 19 heteroatoms. The van der Waals surface area contributed by atoms with Gasteiger partial charge in [-0.1, -0.05) is 102 Å². The number of nitrogens with one attached hydrogen (secondary N) is 4. The summed E-state index contributed by atoms with van der Waals surface area (Å²) < 4.78 is 15.9. The number of benzene rings is 4. The molecule has 0 radical (unpaired) electrons. The summed E-state index contributed by atoms with van der Waals surface area (Å²) in [5.74, 6) is -0.220. The van der Waals surface area contributed by atoms with Gasteiger partial charge in [-0.25, -0.2) is 9.59 Å². The van der Waals surface area contributed by atoms with Crippen molar-refractivity contribution in [3.05, 3.63) is 83.9 Å². The number of rotatable bonds is 13. The van der Waals surface area contributed by atoms with Gasteiger partial charge in [0.25, 0.3) is 5.91 Å². The van der Waals surface area contributed by atoms with E-state index < -0.39 is 52.7 Å². The van der Waals surface area contributed by atoms with E-state index in [0.29, 0.717) is 47.4 Å². The van der Waals surface area contributed by atoms with Crippen LogP contribution in [0.2, 0.25) is 0 Å². The molecule has 2 aliphatic carbocycles. The third-order valence-corrected chi connectivity index (χ3v) is 16.5. The number of amides is 6. The van der Waals surface area contributed by atoms with Crippen molar-refractivity contribution in [1.29, 1.82) is 0 Å². The van der Waals surface area contributed by atoms with Crippen molar-refractivity contribution in [3.63, 3.8) is 0 Å². The van der Waals surface area contributed by atoms with Crippen LogP contribution in [0.3, 0.4) is 0 Å². The first-order chi connectivity index (χ1) is 38.4. The maximum Gasteiger partial charge on any atom is 0.410 e. The Hall–Kier alpha value is -6.99. The van der Waals surface area contributed by atoms with Gasteiger partial charge >= 0.3 is 12.1 Å². The molecule has 0 spiro atoms. The average molecular weight is 1140 g/mol. The summed E-state index contributed by atoms with van der Waals surface area (Å²) in [6, 6.07) is 19.6. The van der Waals surface area contributed by atoms with Crippen LogP contribution >= 0.6 is 0 Å². The molecule has 4 aromatic rings. The molecule has 7 N–H and O–H groups in total. The summed E-state index contributed by atoms with van der Waals surface area (Å²) in [5, 5.41) is 24.6. The van der Waals surface area contributed by atoms with Crippen LogP contribution in [0.15, 0.2) is 72.8 Å². The minimum absolute atomic E-state index is 0.00463. The number of aromatic carboxylic acids is 1. The molecule has 10 atom stereocenters. The fraction of sp³-hybridized carbons (Fsp3) is 0.571. The summed E-state index contributed by atoms with van der Waals surface area (Å²) in [5.41, 5.74) is 5.41. The number of ether oxygens (including phenoxy) is 3. The molecule has 4 aliphatic rings. The van der Waals surface area contributed by atoms with Crippen LogP contribution in [0.5, 0.6) is 11.5 Å². The molecule has 6 unspecified atom stereocenters. The Morgan fingerprint density at radius 2 is 1.10 bits per heavy atom. The van der Waals surface area contributed by atoms with Crippen LogP contribution in [0.1, 0.15) is 135 Å². The monoisotopic (exact) mass is 1130 g/mol. The number of hydrogen-bond acceptors (Lipinski definition) is 12. The van der Waals surface area contributed by atoms with E-state index in [1.54, 1.807) is 60.9 Å². The van der Waals surface area contributed by atoms with Crippen molar-refractivity contribution in [1.82, 2.24) is 36.0 Å². The number of likely N-dealkylation sites (N-methyl/N-ethyl adjacent to an activating group) is 2. The van der Waals surface area contributed by atoms with Crippen LogP contribution < -0.4 is 36.5 Å². The Balaban J connectivity index is 0.000000214. The number of methoxy groups -OCH3 is 2. The first-order valence-corrected chi connectivity index (χ1v) is 28.7. The van der Waals surface area contributed by atoms with E-state index in [2.05, 4.69) is 21.3 Å².